The van der Waals surface area contributed by atoms with Crippen molar-refractivity contribution in [1.29, 1.82) is 0 Å². The molecule has 89 heavy (non-hydrogen) atoms. The van der Waals surface area contributed by atoms with Gasteiger partial charge in [-0.05, 0) is 109 Å². The van der Waals surface area contributed by atoms with Gasteiger partial charge < -0.3 is 65.1 Å². The van der Waals surface area contributed by atoms with Crippen LogP contribution in [0.3, 0.4) is 0 Å². The third-order valence-electron chi connectivity index (χ3n) is 15.8. The summed E-state index contributed by atoms with van der Waals surface area (Å²) >= 11 is 0. The van der Waals surface area contributed by atoms with Gasteiger partial charge in [-0.25, -0.2) is 0 Å². The van der Waals surface area contributed by atoms with E-state index in [0.29, 0.717) is 12.8 Å². The first-order valence-corrected chi connectivity index (χ1v) is 34.6. The summed E-state index contributed by atoms with van der Waals surface area (Å²) < 4.78 is 22.8. The number of carbonyl (C=O) groups excluding carboxylic acids is 1. The van der Waals surface area contributed by atoms with Crippen LogP contribution in [0.4, 0.5) is 0 Å². The Balaban J connectivity index is 1.69. The molecule has 0 aliphatic carbocycles. The minimum atomic E-state index is -1.80. The van der Waals surface area contributed by atoms with Gasteiger partial charge in [0.1, 0.15) is 48.8 Å². The maximum Gasteiger partial charge on any atom is 0.220 e. The van der Waals surface area contributed by atoms with Gasteiger partial charge in [0, 0.05) is 6.42 Å². The minimum absolute atomic E-state index is 0.247. The van der Waals surface area contributed by atoms with Crippen molar-refractivity contribution in [2.24, 2.45) is 0 Å². The second-order valence-corrected chi connectivity index (χ2v) is 23.6. The highest BCUT2D eigenvalue weighted by molar-refractivity contribution is 5.76. The lowest BCUT2D eigenvalue weighted by Gasteiger charge is -2.46. The molecule has 2 saturated heterocycles. The largest absolute Gasteiger partial charge is 0.394 e. The topological polar surface area (TPSA) is 228 Å². The molecule has 14 nitrogen and oxygen atoms in total. The number of carbonyl (C=O) groups is 1. The van der Waals surface area contributed by atoms with E-state index in [1.165, 1.54) is 77.0 Å². The average molecular weight is 1250 g/mol. The molecule has 0 aromatic rings. The molecular formula is C75H123NO13. The molecule has 1 amide bonds. The van der Waals surface area contributed by atoms with E-state index in [-0.39, 0.29) is 18.9 Å². The van der Waals surface area contributed by atoms with Gasteiger partial charge in [0.2, 0.25) is 5.91 Å². The average Bonchev–Trinajstić information content (AvgIpc) is 1.44. The number of rotatable bonds is 54. The van der Waals surface area contributed by atoms with Crippen LogP contribution in [0.5, 0.6) is 0 Å². The van der Waals surface area contributed by atoms with E-state index in [9.17, 15) is 45.6 Å². The van der Waals surface area contributed by atoms with Crippen molar-refractivity contribution >= 4 is 5.91 Å². The molecule has 2 aliphatic rings. The number of hydrogen-bond donors (Lipinski definition) is 9. The standard InChI is InChI=1S/C75H123NO13/c1-3-5-7-9-11-13-15-17-19-21-23-24-25-26-27-28-29-30-31-32-33-34-35-36-37-38-39-40-41-43-45-47-49-51-53-55-57-59-67(80)76-63(64(79)58-56-54-52-50-48-46-44-42-22-20-18-16-14-12-10-8-6-4-2)62-86-74-72(85)70(83)73(66(61-78)88-74)89-75-71(84)69(82)68(81)65(60-77)87-75/h5,7,11,13,17,19,23-24,26-27,29-30,32-33,35-36,38-39,41,43,48,50,56,58,63-66,68-75,77-79,81-85H,3-4,6,8-10,12,14-16,18,20-22,25,28,31,34,37,40,42,44-47,49,51-55,57,59-62H2,1-2H3,(H,76,80)/b7-5-,13-11-,19-17-,24-23-,27-26-,30-29-,33-32-,36-35-,39-38-,43-41-,50-48+,58-56+. The Kier molecular flexibility index (Phi) is 52.5. The summed E-state index contributed by atoms with van der Waals surface area (Å²) in [7, 11) is 0. The van der Waals surface area contributed by atoms with Crippen LogP contribution in [-0.2, 0) is 23.7 Å². The highest BCUT2D eigenvalue weighted by Crippen LogP contribution is 2.30. The number of hydrogen-bond acceptors (Lipinski definition) is 13. The first-order valence-electron chi connectivity index (χ1n) is 34.6. The Hall–Kier alpha value is -4.13. The van der Waals surface area contributed by atoms with E-state index >= 15 is 0 Å². The molecule has 2 rings (SSSR count). The van der Waals surface area contributed by atoms with Gasteiger partial charge in [0.05, 0.1) is 32.0 Å². The van der Waals surface area contributed by atoms with E-state index in [1.807, 2.05) is 6.08 Å². The fourth-order valence-corrected chi connectivity index (χ4v) is 10.3. The molecule has 0 aromatic carbocycles. The third-order valence-corrected chi connectivity index (χ3v) is 15.8. The van der Waals surface area contributed by atoms with E-state index in [0.717, 1.165) is 116 Å². The Morgan fingerprint density at radius 2 is 0.787 bits per heavy atom. The van der Waals surface area contributed by atoms with Crippen LogP contribution in [0.1, 0.15) is 226 Å². The van der Waals surface area contributed by atoms with Crippen molar-refractivity contribution < 1.29 is 64.6 Å². The molecule has 0 saturated carbocycles. The predicted octanol–water partition coefficient (Wildman–Crippen LogP) is 14.1. The third kappa shape index (κ3) is 41.9. The number of ether oxygens (including phenoxy) is 4. The number of unbranched alkanes of at least 4 members (excludes halogenated alkanes) is 19. The van der Waals surface area contributed by atoms with Crippen molar-refractivity contribution in [1.82, 2.24) is 5.32 Å². The molecule has 2 fully saturated rings. The summed E-state index contributed by atoms with van der Waals surface area (Å²) in [6, 6.07) is -0.951. The molecule has 0 radical (unpaired) electrons. The first kappa shape index (κ1) is 81.0. The molecule has 2 heterocycles. The normalized spacial score (nSPS) is 24.0. The molecule has 0 spiro atoms. The Bertz CT molecular complexity index is 2050. The van der Waals surface area contributed by atoms with Crippen molar-refractivity contribution in [3.63, 3.8) is 0 Å². The molecule has 0 aromatic heterocycles. The minimum Gasteiger partial charge on any atom is -0.394 e. The van der Waals surface area contributed by atoms with E-state index < -0.39 is 86.8 Å². The Labute approximate surface area is 538 Å². The summed E-state index contributed by atoms with van der Waals surface area (Å²) in [4.78, 5) is 13.3. The van der Waals surface area contributed by atoms with Crippen LogP contribution >= 0.6 is 0 Å². The van der Waals surface area contributed by atoms with E-state index in [2.05, 4.69) is 153 Å². The van der Waals surface area contributed by atoms with Gasteiger partial charge in [0.25, 0.3) is 0 Å². The quantitative estimate of drug-likeness (QED) is 0.0204. The highest BCUT2D eigenvalue weighted by atomic mass is 16.7. The van der Waals surface area contributed by atoms with Crippen LogP contribution in [-0.4, -0.2) is 140 Å². The van der Waals surface area contributed by atoms with E-state index in [1.54, 1.807) is 6.08 Å². The summed E-state index contributed by atoms with van der Waals surface area (Å²) in [5.74, 6) is -0.270. The number of allylic oxidation sites excluding steroid dienone is 23. The zero-order chi connectivity index (χ0) is 64.5. The highest BCUT2D eigenvalue weighted by Gasteiger charge is 2.51. The van der Waals surface area contributed by atoms with Crippen LogP contribution in [0.15, 0.2) is 146 Å². The number of nitrogens with one attached hydrogen (secondary N) is 1. The lowest BCUT2D eigenvalue weighted by molar-refractivity contribution is -0.359. The Morgan fingerprint density at radius 1 is 0.416 bits per heavy atom. The Morgan fingerprint density at radius 3 is 1.24 bits per heavy atom. The van der Waals surface area contributed by atoms with Crippen LogP contribution in [0.2, 0.25) is 0 Å². The molecule has 14 heteroatoms. The van der Waals surface area contributed by atoms with Crippen molar-refractivity contribution in [3.05, 3.63) is 146 Å². The zero-order valence-electron chi connectivity index (χ0n) is 54.9. The summed E-state index contributed by atoms with van der Waals surface area (Å²) in [6.45, 7) is 2.65. The van der Waals surface area contributed by atoms with Gasteiger partial charge in [-0.1, -0.05) is 256 Å². The smallest absolute Gasteiger partial charge is 0.220 e. The summed E-state index contributed by atoms with van der Waals surface area (Å²) in [6.07, 6.45) is 70.3. The van der Waals surface area contributed by atoms with Gasteiger partial charge in [0.15, 0.2) is 12.6 Å². The van der Waals surface area contributed by atoms with Crippen molar-refractivity contribution in [2.75, 3.05) is 19.8 Å². The second kappa shape index (κ2) is 57.7. The molecule has 0 bridgehead atoms. The fraction of sp³-hybridized carbons (Fsp3) is 0.667. The van der Waals surface area contributed by atoms with Crippen molar-refractivity contribution in [2.45, 2.75) is 299 Å². The van der Waals surface area contributed by atoms with Gasteiger partial charge in [-0.2, -0.15) is 0 Å². The molecule has 12 unspecified atom stereocenters. The summed E-state index contributed by atoms with van der Waals surface area (Å²) in [5, 5.41) is 87.3. The molecular weight excluding hydrogens is 1120 g/mol. The molecule has 9 N–H and O–H groups in total. The monoisotopic (exact) mass is 1250 g/mol. The number of amides is 1. The number of aliphatic hydroxyl groups is 8. The van der Waals surface area contributed by atoms with Crippen LogP contribution in [0, 0.1) is 0 Å². The maximum atomic E-state index is 13.3. The van der Waals surface area contributed by atoms with E-state index in [4.69, 9.17) is 18.9 Å². The predicted molar refractivity (Wildman–Crippen MR) is 364 cm³/mol. The lowest BCUT2D eigenvalue weighted by atomic mass is 9.97. The SMILES string of the molecule is CC/C=C\C/C=C\C/C=C\C/C=C\C/C=C\C/C=C\C/C=C\C/C=C\C/C=C\C/C=C\CCCCCCCCC(=O)NC(COC1OC(CO)C(OC2OC(CO)C(O)C(O)C2O)C(O)C1O)C(O)/C=C/CC/C=C/CCCCCCCCCCCCCC. The zero-order valence-corrected chi connectivity index (χ0v) is 54.9. The molecule has 12 atom stereocenters. The maximum absolute atomic E-state index is 13.3. The van der Waals surface area contributed by atoms with Gasteiger partial charge in [-0.3, -0.25) is 4.79 Å². The fourth-order valence-electron chi connectivity index (χ4n) is 10.3. The van der Waals surface area contributed by atoms with Crippen LogP contribution in [0.25, 0.3) is 0 Å². The molecule has 506 valence electrons. The van der Waals surface area contributed by atoms with Gasteiger partial charge in [-0.15, -0.1) is 0 Å². The van der Waals surface area contributed by atoms with Crippen LogP contribution < -0.4 is 5.32 Å². The molecule has 2 aliphatic heterocycles. The lowest BCUT2D eigenvalue weighted by Crippen LogP contribution is -2.65. The van der Waals surface area contributed by atoms with Crippen molar-refractivity contribution in [3.8, 4) is 0 Å². The first-order chi connectivity index (χ1) is 43.6. The summed E-state index contributed by atoms with van der Waals surface area (Å²) in [5.41, 5.74) is 0. The second-order valence-electron chi connectivity index (χ2n) is 23.6. The van der Waals surface area contributed by atoms with Gasteiger partial charge >= 0.3 is 0 Å². The number of aliphatic hydroxyl groups excluding tert-OH is 8.